The third-order valence-corrected chi connectivity index (χ3v) is 5.27. The summed E-state index contributed by atoms with van der Waals surface area (Å²) >= 11 is 0. The van der Waals surface area contributed by atoms with Gasteiger partial charge in [-0.1, -0.05) is 6.07 Å². The lowest BCUT2D eigenvalue weighted by atomic mass is 9.92. The minimum absolute atomic E-state index is 0.0822. The molecule has 2 aliphatic heterocycles. The average molecular weight is 391 g/mol. The molecule has 0 unspecified atom stereocenters. The Bertz CT molecular complexity index is 661. The lowest BCUT2D eigenvalue weighted by molar-refractivity contribution is -0.141. The summed E-state index contributed by atoms with van der Waals surface area (Å²) in [6.45, 7) is 1.20. The summed E-state index contributed by atoms with van der Waals surface area (Å²) in [5.41, 5.74) is -0.917. The molecule has 0 radical (unpaired) electrons. The maximum Gasteiger partial charge on any atom is 0.433 e. The van der Waals surface area contributed by atoms with E-state index in [0.717, 1.165) is 6.07 Å². The molecule has 1 aromatic rings. The lowest BCUT2D eigenvalue weighted by Crippen LogP contribution is -2.44. The Balaban J connectivity index is 1.50. The molecule has 150 valence electrons. The van der Waals surface area contributed by atoms with Crippen LogP contribution in [0.5, 0.6) is 0 Å². The summed E-state index contributed by atoms with van der Waals surface area (Å²) in [7, 11) is 0. The van der Waals surface area contributed by atoms with E-state index in [-0.39, 0.29) is 43.6 Å². The van der Waals surface area contributed by atoms with Crippen LogP contribution >= 0.6 is 0 Å². The van der Waals surface area contributed by atoms with Gasteiger partial charge >= 0.3 is 6.18 Å². The fourth-order valence-corrected chi connectivity index (χ4v) is 3.58. The number of carbonyl (C=O) groups excluding carboxylic acids is 1. The van der Waals surface area contributed by atoms with E-state index in [1.807, 2.05) is 0 Å². The van der Waals surface area contributed by atoms with Crippen LogP contribution in [-0.2, 0) is 11.0 Å². The Kier molecular flexibility index (Phi) is 5.58. The van der Waals surface area contributed by atoms with Crippen molar-refractivity contribution in [3.05, 3.63) is 23.9 Å². The zero-order chi connectivity index (χ0) is 19.7. The monoisotopic (exact) mass is 391 g/mol. The highest BCUT2D eigenvalue weighted by Gasteiger charge is 2.36. The molecule has 3 rings (SSSR count). The number of hydrogen-bond acceptors (Lipinski definition) is 3. The van der Waals surface area contributed by atoms with Gasteiger partial charge in [0.25, 0.3) is 5.92 Å². The summed E-state index contributed by atoms with van der Waals surface area (Å²) in [6.07, 6.45) is -3.44. The maximum absolute atomic E-state index is 13.2. The highest BCUT2D eigenvalue weighted by atomic mass is 19.4. The van der Waals surface area contributed by atoms with Crippen LogP contribution < -0.4 is 4.90 Å². The van der Waals surface area contributed by atoms with Crippen molar-refractivity contribution in [2.75, 3.05) is 31.1 Å². The van der Waals surface area contributed by atoms with Gasteiger partial charge in [-0.15, -0.1) is 0 Å². The van der Waals surface area contributed by atoms with E-state index in [1.54, 1.807) is 11.0 Å². The Labute approximate surface area is 154 Å². The molecule has 3 heterocycles. The normalized spacial score (nSPS) is 21.4. The number of nitrogens with zero attached hydrogens (tertiary/aromatic N) is 3. The zero-order valence-corrected chi connectivity index (χ0v) is 14.8. The molecule has 0 aromatic carbocycles. The van der Waals surface area contributed by atoms with Gasteiger partial charge in [-0.25, -0.2) is 13.8 Å². The molecule has 2 saturated heterocycles. The number of hydrogen-bond donors (Lipinski definition) is 0. The molecule has 0 aliphatic carbocycles. The topological polar surface area (TPSA) is 36.4 Å². The third-order valence-electron chi connectivity index (χ3n) is 5.27. The SMILES string of the molecule is O=C(CC1CCN(c2cccc(C(F)(F)F)n2)CC1)N1CCC(F)(F)CC1. The van der Waals surface area contributed by atoms with Crippen molar-refractivity contribution in [3.63, 3.8) is 0 Å². The summed E-state index contributed by atoms with van der Waals surface area (Å²) in [4.78, 5) is 19.3. The Hall–Kier alpha value is -1.93. The first-order valence-corrected chi connectivity index (χ1v) is 9.09. The number of likely N-dealkylation sites (tertiary alicyclic amines) is 1. The van der Waals surface area contributed by atoms with E-state index < -0.39 is 17.8 Å². The van der Waals surface area contributed by atoms with Crippen LogP contribution in [0.4, 0.5) is 27.8 Å². The van der Waals surface area contributed by atoms with Crippen molar-refractivity contribution >= 4 is 11.7 Å². The van der Waals surface area contributed by atoms with Crippen molar-refractivity contribution in [1.82, 2.24) is 9.88 Å². The quantitative estimate of drug-likeness (QED) is 0.732. The van der Waals surface area contributed by atoms with Gasteiger partial charge in [-0.05, 0) is 30.9 Å². The number of amides is 1. The minimum atomic E-state index is -4.48. The van der Waals surface area contributed by atoms with Crippen LogP contribution in [0, 0.1) is 5.92 Å². The average Bonchev–Trinajstić information content (AvgIpc) is 2.61. The fourth-order valence-electron chi connectivity index (χ4n) is 3.58. The van der Waals surface area contributed by atoms with Gasteiger partial charge < -0.3 is 9.80 Å². The predicted molar refractivity (Wildman–Crippen MR) is 89.6 cm³/mol. The van der Waals surface area contributed by atoms with E-state index >= 15 is 0 Å². The van der Waals surface area contributed by atoms with Crippen LogP contribution in [0.1, 0.15) is 37.8 Å². The molecular weight excluding hydrogens is 369 g/mol. The number of anilines is 1. The number of pyridine rings is 1. The number of carbonyl (C=O) groups is 1. The number of alkyl halides is 5. The molecule has 2 fully saturated rings. The molecule has 0 bridgehead atoms. The van der Waals surface area contributed by atoms with Crippen LogP contribution in [0.25, 0.3) is 0 Å². The standard InChI is InChI=1S/C18H22F5N3O/c19-17(20)6-10-26(11-7-17)16(27)12-13-4-8-25(9-5-13)15-3-1-2-14(24-15)18(21,22)23/h1-3,13H,4-12H2. The lowest BCUT2D eigenvalue weighted by Gasteiger charge is -2.35. The van der Waals surface area contributed by atoms with Gasteiger partial charge in [0.05, 0.1) is 0 Å². The molecule has 0 spiro atoms. The first-order chi connectivity index (χ1) is 12.6. The number of aromatic nitrogens is 1. The molecule has 27 heavy (non-hydrogen) atoms. The maximum atomic E-state index is 13.2. The molecule has 1 aromatic heterocycles. The number of piperidine rings is 2. The Morgan fingerprint density at radius 3 is 2.33 bits per heavy atom. The van der Waals surface area contributed by atoms with Crippen LogP contribution in [0.15, 0.2) is 18.2 Å². The molecule has 2 aliphatic rings. The van der Waals surface area contributed by atoms with Crippen molar-refractivity contribution in [2.24, 2.45) is 5.92 Å². The summed E-state index contributed by atoms with van der Waals surface area (Å²) in [5, 5.41) is 0. The van der Waals surface area contributed by atoms with Crippen molar-refractivity contribution in [1.29, 1.82) is 0 Å². The van der Waals surface area contributed by atoms with Crippen LogP contribution in [0.2, 0.25) is 0 Å². The molecule has 4 nitrogen and oxygen atoms in total. The largest absolute Gasteiger partial charge is 0.433 e. The smallest absolute Gasteiger partial charge is 0.357 e. The molecule has 0 saturated carbocycles. The Morgan fingerprint density at radius 1 is 1.11 bits per heavy atom. The predicted octanol–water partition coefficient (Wildman–Crippen LogP) is 3.96. The van der Waals surface area contributed by atoms with Crippen molar-refractivity contribution in [3.8, 4) is 0 Å². The molecular formula is C18H22F5N3O. The second-order valence-electron chi connectivity index (χ2n) is 7.25. The van der Waals surface area contributed by atoms with Gasteiger partial charge in [-0.2, -0.15) is 13.2 Å². The highest BCUT2D eigenvalue weighted by Crippen LogP contribution is 2.31. The molecule has 0 atom stereocenters. The highest BCUT2D eigenvalue weighted by molar-refractivity contribution is 5.76. The van der Waals surface area contributed by atoms with E-state index in [4.69, 9.17) is 0 Å². The van der Waals surface area contributed by atoms with Gasteiger partial charge in [0.1, 0.15) is 11.5 Å². The van der Waals surface area contributed by atoms with Crippen molar-refractivity contribution in [2.45, 2.75) is 44.2 Å². The second-order valence-corrected chi connectivity index (χ2v) is 7.25. The summed E-state index contributed by atoms with van der Waals surface area (Å²) in [5.74, 6) is -2.39. The zero-order valence-electron chi connectivity index (χ0n) is 14.8. The summed E-state index contributed by atoms with van der Waals surface area (Å²) < 4.78 is 64.8. The van der Waals surface area contributed by atoms with E-state index in [0.29, 0.717) is 32.4 Å². The number of halogens is 5. The summed E-state index contributed by atoms with van der Waals surface area (Å²) in [6, 6.07) is 3.83. The second kappa shape index (κ2) is 7.59. The van der Waals surface area contributed by atoms with Gasteiger partial charge in [0, 0.05) is 45.4 Å². The molecule has 0 N–H and O–H groups in total. The van der Waals surface area contributed by atoms with Gasteiger partial charge in [0.15, 0.2) is 0 Å². The van der Waals surface area contributed by atoms with Gasteiger partial charge in [-0.3, -0.25) is 4.79 Å². The van der Waals surface area contributed by atoms with E-state index in [9.17, 15) is 26.7 Å². The fraction of sp³-hybridized carbons (Fsp3) is 0.667. The third kappa shape index (κ3) is 5.07. The molecule has 9 heteroatoms. The van der Waals surface area contributed by atoms with Crippen LogP contribution in [0.3, 0.4) is 0 Å². The van der Waals surface area contributed by atoms with Gasteiger partial charge in [0.2, 0.25) is 5.91 Å². The van der Waals surface area contributed by atoms with E-state index in [2.05, 4.69) is 4.98 Å². The first kappa shape index (κ1) is 19.8. The van der Waals surface area contributed by atoms with Crippen molar-refractivity contribution < 1.29 is 26.7 Å². The van der Waals surface area contributed by atoms with Crippen LogP contribution in [-0.4, -0.2) is 47.9 Å². The Morgan fingerprint density at radius 2 is 1.74 bits per heavy atom. The first-order valence-electron chi connectivity index (χ1n) is 9.09. The van der Waals surface area contributed by atoms with E-state index in [1.165, 1.54) is 11.0 Å². The number of rotatable bonds is 3. The molecule has 1 amide bonds. The minimum Gasteiger partial charge on any atom is -0.357 e.